The van der Waals surface area contributed by atoms with Gasteiger partial charge in [-0.15, -0.1) is 0 Å². The largest absolute Gasteiger partial charge is 0.508 e. The van der Waals surface area contributed by atoms with E-state index in [0.29, 0.717) is 11.7 Å². The molecule has 1 aliphatic carbocycles. The molecule has 0 aromatic heterocycles. The summed E-state index contributed by atoms with van der Waals surface area (Å²) in [4.78, 5) is 0. The van der Waals surface area contributed by atoms with Crippen LogP contribution in [-0.2, 0) is 0 Å². The second-order valence-corrected chi connectivity index (χ2v) is 3.93. The highest BCUT2D eigenvalue weighted by Crippen LogP contribution is 2.41. The fourth-order valence-corrected chi connectivity index (χ4v) is 1.64. The molecule has 0 aliphatic heterocycles. The van der Waals surface area contributed by atoms with Crippen LogP contribution in [-0.4, -0.2) is 5.11 Å². The zero-order valence-electron chi connectivity index (χ0n) is 7.83. The monoisotopic (exact) mass is 177 g/mol. The first-order valence-corrected chi connectivity index (χ1v) is 4.73. The second-order valence-electron chi connectivity index (χ2n) is 3.93. The second kappa shape index (κ2) is 3.04. The molecule has 1 atom stereocenters. The lowest BCUT2D eigenvalue weighted by Crippen LogP contribution is -2.12. The van der Waals surface area contributed by atoms with E-state index in [0.717, 1.165) is 11.1 Å². The van der Waals surface area contributed by atoms with Gasteiger partial charge in [-0.2, -0.15) is 0 Å². The summed E-state index contributed by atoms with van der Waals surface area (Å²) in [7, 11) is 0. The Morgan fingerprint density at radius 3 is 2.69 bits per heavy atom. The van der Waals surface area contributed by atoms with E-state index in [-0.39, 0.29) is 6.04 Å². The van der Waals surface area contributed by atoms with Crippen LogP contribution in [0.15, 0.2) is 18.2 Å². The summed E-state index contributed by atoms with van der Waals surface area (Å²) in [6.45, 7) is 1.96. The third-order valence-corrected chi connectivity index (χ3v) is 2.67. The first-order chi connectivity index (χ1) is 6.18. The smallest absolute Gasteiger partial charge is 0.120 e. The van der Waals surface area contributed by atoms with Crippen LogP contribution in [0.3, 0.4) is 0 Å². The average Bonchev–Trinajstić information content (AvgIpc) is 2.85. The number of aryl methyl sites for hydroxylation is 1. The van der Waals surface area contributed by atoms with Gasteiger partial charge in [0.25, 0.3) is 0 Å². The quantitative estimate of drug-likeness (QED) is 0.726. The van der Waals surface area contributed by atoms with Crippen molar-refractivity contribution in [3.8, 4) is 5.75 Å². The van der Waals surface area contributed by atoms with Gasteiger partial charge < -0.3 is 10.8 Å². The number of aromatic hydroxyl groups is 1. The molecule has 1 saturated carbocycles. The summed E-state index contributed by atoms with van der Waals surface area (Å²) in [6, 6.07) is 5.74. The molecule has 0 heterocycles. The van der Waals surface area contributed by atoms with Crippen LogP contribution in [0, 0.1) is 12.8 Å². The normalized spacial score (nSPS) is 18.6. The molecule has 2 rings (SSSR count). The summed E-state index contributed by atoms with van der Waals surface area (Å²) in [5, 5.41) is 9.66. The van der Waals surface area contributed by atoms with Gasteiger partial charge in [-0.25, -0.2) is 0 Å². The first-order valence-electron chi connectivity index (χ1n) is 4.73. The van der Waals surface area contributed by atoms with Gasteiger partial charge in [0.15, 0.2) is 0 Å². The van der Waals surface area contributed by atoms with Crippen LogP contribution in [0.4, 0.5) is 0 Å². The molecule has 13 heavy (non-hydrogen) atoms. The van der Waals surface area contributed by atoms with Gasteiger partial charge in [0.05, 0.1) is 0 Å². The Bertz CT molecular complexity index is 318. The zero-order chi connectivity index (χ0) is 9.42. The Kier molecular flexibility index (Phi) is 2.00. The van der Waals surface area contributed by atoms with Crippen LogP contribution in [0.1, 0.15) is 30.0 Å². The molecule has 1 fully saturated rings. The minimum absolute atomic E-state index is 0.0283. The van der Waals surface area contributed by atoms with Crippen molar-refractivity contribution in [1.29, 1.82) is 0 Å². The van der Waals surface area contributed by atoms with E-state index in [2.05, 4.69) is 0 Å². The third-order valence-electron chi connectivity index (χ3n) is 2.67. The van der Waals surface area contributed by atoms with Gasteiger partial charge >= 0.3 is 0 Å². The summed E-state index contributed by atoms with van der Waals surface area (Å²) >= 11 is 0. The number of hydrogen-bond acceptors (Lipinski definition) is 2. The summed E-state index contributed by atoms with van der Waals surface area (Å²) in [5.41, 5.74) is 7.96. The van der Waals surface area contributed by atoms with E-state index >= 15 is 0 Å². The molecule has 1 aliphatic rings. The summed E-state index contributed by atoms with van der Waals surface area (Å²) in [5.74, 6) is 0.938. The van der Waals surface area contributed by atoms with Crippen molar-refractivity contribution in [2.45, 2.75) is 25.8 Å². The van der Waals surface area contributed by atoms with Gasteiger partial charge in [0, 0.05) is 11.6 Å². The standard InChI is InChI=1S/C11H15NO/c1-7-2-5-9(10(13)6-7)11(12)8-3-4-8/h2,5-6,8,11,13H,3-4,12H2,1H3. The fraction of sp³-hybridized carbons (Fsp3) is 0.455. The van der Waals surface area contributed by atoms with Crippen molar-refractivity contribution in [1.82, 2.24) is 0 Å². The van der Waals surface area contributed by atoms with Crippen LogP contribution in [0.5, 0.6) is 5.75 Å². The number of nitrogens with two attached hydrogens (primary N) is 1. The lowest BCUT2D eigenvalue weighted by molar-refractivity contribution is 0.456. The van der Waals surface area contributed by atoms with Crippen LogP contribution in [0.25, 0.3) is 0 Å². The van der Waals surface area contributed by atoms with Crippen LogP contribution < -0.4 is 5.73 Å². The molecule has 1 aromatic rings. The van der Waals surface area contributed by atoms with E-state index in [1.807, 2.05) is 19.1 Å². The Morgan fingerprint density at radius 2 is 2.15 bits per heavy atom. The topological polar surface area (TPSA) is 46.2 Å². The molecule has 0 radical (unpaired) electrons. The molecule has 0 bridgehead atoms. The Labute approximate surface area is 78.4 Å². The molecule has 1 unspecified atom stereocenters. The Balaban J connectivity index is 2.28. The SMILES string of the molecule is Cc1ccc(C(N)C2CC2)c(O)c1. The van der Waals surface area contributed by atoms with Crippen LogP contribution >= 0.6 is 0 Å². The average molecular weight is 177 g/mol. The minimum atomic E-state index is 0.0283. The van der Waals surface area contributed by atoms with E-state index in [1.165, 1.54) is 12.8 Å². The highest BCUT2D eigenvalue weighted by atomic mass is 16.3. The van der Waals surface area contributed by atoms with E-state index in [9.17, 15) is 5.11 Å². The lowest BCUT2D eigenvalue weighted by Gasteiger charge is -2.12. The van der Waals surface area contributed by atoms with Gasteiger partial charge in [-0.1, -0.05) is 12.1 Å². The van der Waals surface area contributed by atoms with E-state index in [4.69, 9.17) is 5.73 Å². The molecule has 70 valence electrons. The third kappa shape index (κ3) is 1.68. The lowest BCUT2D eigenvalue weighted by atomic mass is 10.0. The summed E-state index contributed by atoms with van der Waals surface area (Å²) in [6.07, 6.45) is 2.41. The van der Waals surface area contributed by atoms with Crippen LogP contribution in [0.2, 0.25) is 0 Å². The molecular weight excluding hydrogens is 162 g/mol. The van der Waals surface area contributed by atoms with Gasteiger partial charge in [0.1, 0.15) is 5.75 Å². The van der Waals surface area contributed by atoms with Crippen molar-refractivity contribution in [2.24, 2.45) is 11.7 Å². The maximum Gasteiger partial charge on any atom is 0.120 e. The molecular formula is C11H15NO. The first kappa shape index (κ1) is 8.57. The molecule has 1 aromatic carbocycles. The predicted octanol–water partition coefficient (Wildman–Crippen LogP) is 2.11. The zero-order valence-corrected chi connectivity index (χ0v) is 7.83. The van der Waals surface area contributed by atoms with Gasteiger partial charge in [0.2, 0.25) is 0 Å². The Hall–Kier alpha value is -1.02. The van der Waals surface area contributed by atoms with Gasteiger partial charge in [-0.3, -0.25) is 0 Å². The summed E-state index contributed by atoms with van der Waals surface area (Å²) < 4.78 is 0. The van der Waals surface area contributed by atoms with Crippen molar-refractivity contribution in [3.05, 3.63) is 29.3 Å². The van der Waals surface area contributed by atoms with Crippen molar-refractivity contribution in [2.75, 3.05) is 0 Å². The maximum atomic E-state index is 9.66. The van der Waals surface area contributed by atoms with Gasteiger partial charge in [-0.05, 0) is 37.3 Å². The fourth-order valence-electron chi connectivity index (χ4n) is 1.64. The number of hydrogen-bond donors (Lipinski definition) is 2. The van der Waals surface area contributed by atoms with E-state index < -0.39 is 0 Å². The van der Waals surface area contributed by atoms with Crippen molar-refractivity contribution < 1.29 is 5.11 Å². The van der Waals surface area contributed by atoms with E-state index in [1.54, 1.807) is 6.07 Å². The molecule has 2 nitrogen and oxygen atoms in total. The van der Waals surface area contributed by atoms with Crippen molar-refractivity contribution >= 4 is 0 Å². The molecule has 3 N–H and O–H groups in total. The maximum absolute atomic E-state index is 9.66. The predicted molar refractivity (Wildman–Crippen MR) is 52.5 cm³/mol. The minimum Gasteiger partial charge on any atom is -0.508 e. The highest BCUT2D eigenvalue weighted by Gasteiger charge is 2.30. The molecule has 0 amide bonds. The Morgan fingerprint density at radius 1 is 1.46 bits per heavy atom. The molecule has 0 saturated heterocycles. The number of rotatable bonds is 2. The number of benzene rings is 1. The number of phenolic OH excluding ortho intramolecular Hbond substituents is 1. The van der Waals surface area contributed by atoms with Crippen molar-refractivity contribution in [3.63, 3.8) is 0 Å². The molecule has 2 heteroatoms. The molecule has 0 spiro atoms. The number of phenols is 1. The highest BCUT2D eigenvalue weighted by molar-refractivity contribution is 5.38.